The van der Waals surface area contributed by atoms with Crippen LogP contribution in [0.5, 0.6) is 0 Å². The fourth-order valence-electron chi connectivity index (χ4n) is 3.23. The molecular weight excluding hydrogens is 264 g/mol. The van der Waals surface area contributed by atoms with Gasteiger partial charge in [0.25, 0.3) is 0 Å². The number of carbonyl (C=O) groups is 1. The molecule has 1 atom stereocenters. The molecule has 0 aromatic heterocycles. The molecule has 1 aromatic rings. The van der Waals surface area contributed by atoms with E-state index in [0.717, 1.165) is 44.9 Å². The van der Waals surface area contributed by atoms with Crippen LogP contribution in [0.1, 0.15) is 51.0 Å². The molecule has 2 rings (SSSR count). The van der Waals surface area contributed by atoms with Crippen LogP contribution >= 0.6 is 0 Å². The van der Waals surface area contributed by atoms with E-state index in [1.54, 1.807) is 0 Å². The highest BCUT2D eigenvalue weighted by Crippen LogP contribution is 2.30. The van der Waals surface area contributed by atoms with Crippen molar-refractivity contribution in [1.29, 1.82) is 0 Å². The zero-order valence-corrected chi connectivity index (χ0v) is 12.8. The second-order valence-electron chi connectivity index (χ2n) is 6.09. The first-order chi connectivity index (χ1) is 10.1. The predicted molar refractivity (Wildman–Crippen MR) is 82.9 cm³/mol. The minimum Gasteiger partial charge on any atom is -0.462 e. The van der Waals surface area contributed by atoms with Gasteiger partial charge in [-0.15, -0.1) is 0 Å². The number of hydrogen-bond donors (Lipinski definition) is 1. The highest BCUT2D eigenvalue weighted by atomic mass is 16.5. The average Bonchev–Trinajstić information content (AvgIpc) is 2.48. The molecule has 0 radical (unpaired) electrons. The molecule has 0 heterocycles. The molecule has 0 saturated heterocycles. The quantitative estimate of drug-likeness (QED) is 0.816. The zero-order valence-electron chi connectivity index (χ0n) is 12.8. The summed E-state index contributed by atoms with van der Waals surface area (Å²) in [6.45, 7) is 1.49. The summed E-state index contributed by atoms with van der Waals surface area (Å²) in [5, 5.41) is 9.61. The van der Waals surface area contributed by atoms with Crippen molar-refractivity contribution in [3.8, 4) is 0 Å². The number of benzene rings is 1. The summed E-state index contributed by atoms with van der Waals surface area (Å²) in [4.78, 5) is 11.3. The Labute approximate surface area is 127 Å². The molecule has 1 saturated carbocycles. The standard InChI is InChI=1S/C18H26O3/c1-14(19)21-18(16-10-12-17(20)13-11-16)9-5-8-15-6-3-2-4-7-15/h2-4,6-7,16-18,20H,5,8-13H2,1H3. The maximum absolute atomic E-state index is 11.3. The first-order valence-electron chi connectivity index (χ1n) is 8.04. The van der Waals surface area contributed by atoms with Crippen molar-refractivity contribution in [2.75, 3.05) is 0 Å². The van der Waals surface area contributed by atoms with Gasteiger partial charge in [0.2, 0.25) is 0 Å². The first-order valence-corrected chi connectivity index (χ1v) is 8.04. The van der Waals surface area contributed by atoms with Gasteiger partial charge in [-0.25, -0.2) is 0 Å². The van der Waals surface area contributed by atoms with E-state index in [0.29, 0.717) is 5.92 Å². The molecule has 0 spiro atoms. The molecule has 1 N–H and O–H groups in total. The molecule has 1 fully saturated rings. The second kappa shape index (κ2) is 8.18. The number of carbonyl (C=O) groups excluding carboxylic acids is 1. The summed E-state index contributed by atoms with van der Waals surface area (Å²) < 4.78 is 5.54. The van der Waals surface area contributed by atoms with Crippen molar-refractivity contribution < 1.29 is 14.6 Å². The second-order valence-corrected chi connectivity index (χ2v) is 6.09. The zero-order chi connectivity index (χ0) is 15.1. The summed E-state index contributed by atoms with van der Waals surface area (Å²) in [5.74, 6) is 0.221. The molecule has 21 heavy (non-hydrogen) atoms. The number of aryl methyl sites for hydroxylation is 1. The Balaban J connectivity index is 1.83. The van der Waals surface area contributed by atoms with Gasteiger partial charge in [0, 0.05) is 6.92 Å². The summed E-state index contributed by atoms with van der Waals surface area (Å²) in [5.41, 5.74) is 1.33. The Hall–Kier alpha value is -1.35. The number of ether oxygens (including phenoxy) is 1. The van der Waals surface area contributed by atoms with Gasteiger partial charge in [-0.3, -0.25) is 4.79 Å². The van der Waals surface area contributed by atoms with Crippen molar-refractivity contribution in [2.24, 2.45) is 5.92 Å². The Morgan fingerprint density at radius 1 is 1.24 bits per heavy atom. The van der Waals surface area contributed by atoms with Crippen LogP contribution < -0.4 is 0 Å². The van der Waals surface area contributed by atoms with Crippen LogP contribution in [0.2, 0.25) is 0 Å². The van der Waals surface area contributed by atoms with Gasteiger partial charge in [0.1, 0.15) is 6.10 Å². The Morgan fingerprint density at radius 3 is 2.52 bits per heavy atom. The minimum atomic E-state index is -0.189. The van der Waals surface area contributed by atoms with Gasteiger partial charge < -0.3 is 9.84 Å². The number of hydrogen-bond acceptors (Lipinski definition) is 3. The molecule has 1 aliphatic carbocycles. The minimum absolute atomic E-state index is 0.0127. The average molecular weight is 290 g/mol. The lowest BCUT2D eigenvalue weighted by Crippen LogP contribution is -2.31. The number of aliphatic hydroxyl groups excluding tert-OH is 1. The molecule has 3 nitrogen and oxygen atoms in total. The van der Waals surface area contributed by atoms with Crippen LogP contribution in [0.3, 0.4) is 0 Å². The van der Waals surface area contributed by atoms with Gasteiger partial charge in [0.15, 0.2) is 0 Å². The lowest BCUT2D eigenvalue weighted by Gasteiger charge is -2.31. The molecular formula is C18H26O3. The van der Waals surface area contributed by atoms with E-state index in [4.69, 9.17) is 4.74 Å². The van der Waals surface area contributed by atoms with Crippen LogP contribution in [-0.2, 0) is 16.0 Å². The lowest BCUT2D eigenvalue weighted by atomic mass is 9.82. The Kier molecular flexibility index (Phi) is 6.24. The smallest absolute Gasteiger partial charge is 0.302 e. The summed E-state index contributed by atoms with van der Waals surface area (Å²) in [6, 6.07) is 10.4. The van der Waals surface area contributed by atoms with Gasteiger partial charge in [0.05, 0.1) is 6.10 Å². The molecule has 1 aliphatic rings. The van der Waals surface area contributed by atoms with Crippen LogP contribution in [-0.4, -0.2) is 23.3 Å². The number of rotatable bonds is 6. The van der Waals surface area contributed by atoms with E-state index in [2.05, 4.69) is 24.3 Å². The highest BCUT2D eigenvalue weighted by molar-refractivity contribution is 5.66. The Bertz CT molecular complexity index is 421. The summed E-state index contributed by atoms with van der Waals surface area (Å²) >= 11 is 0. The molecule has 3 heteroatoms. The summed E-state index contributed by atoms with van der Waals surface area (Å²) in [7, 11) is 0. The molecule has 0 amide bonds. The van der Waals surface area contributed by atoms with Crippen LogP contribution in [0.4, 0.5) is 0 Å². The molecule has 0 bridgehead atoms. The fourth-order valence-corrected chi connectivity index (χ4v) is 3.23. The molecule has 116 valence electrons. The van der Waals surface area contributed by atoms with Crippen molar-refractivity contribution in [3.05, 3.63) is 35.9 Å². The molecule has 1 aromatic carbocycles. The maximum Gasteiger partial charge on any atom is 0.302 e. The molecule has 0 aliphatic heterocycles. The van der Waals surface area contributed by atoms with Crippen molar-refractivity contribution in [1.82, 2.24) is 0 Å². The monoisotopic (exact) mass is 290 g/mol. The normalized spacial score (nSPS) is 23.5. The van der Waals surface area contributed by atoms with Gasteiger partial charge in [-0.2, -0.15) is 0 Å². The number of aliphatic hydroxyl groups is 1. The van der Waals surface area contributed by atoms with Crippen LogP contribution in [0.15, 0.2) is 30.3 Å². The largest absolute Gasteiger partial charge is 0.462 e. The van der Waals surface area contributed by atoms with E-state index in [1.165, 1.54) is 12.5 Å². The first kappa shape index (κ1) is 16.0. The van der Waals surface area contributed by atoms with E-state index >= 15 is 0 Å². The SMILES string of the molecule is CC(=O)OC(CCCc1ccccc1)C1CCC(O)CC1. The topological polar surface area (TPSA) is 46.5 Å². The van der Waals surface area contributed by atoms with Crippen LogP contribution in [0.25, 0.3) is 0 Å². The van der Waals surface area contributed by atoms with Crippen molar-refractivity contribution >= 4 is 5.97 Å². The summed E-state index contributed by atoms with van der Waals surface area (Å²) in [6.07, 6.45) is 6.41. The van der Waals surface area contributed by atoms with E-state index < -0.39 is 0 Å². The van der Waals surface area contributed by atoms with Gasteiger partial charge in [-0.1, -0.05) is 30.3 Å². The van der Waals surface area contributed by atoms with Gasteiger partial charge >= 0.3 is 5.97 Å². The fraction of sp³-hybridized carbons (Fsp3) is 0.611. The third kappa shape index (κ3) is 5.50. The number of esters is 1. The van der Waals surface area contributed by atoms with Crippen molar-refractivity contribution in [2.45, 2.75) is 64.1 Å². The maximum atomic E-state index is 11.3. The van der Waals surface area contributed by atoms with E-state index in [9.17, 15) is 9.90 Å². The van der Waals surface area contributed by atoms with Crippen molar-refractivity contribution in [3.63, 3.8) is 0 Å². The van der Waals surface area contributed by atoms with E-state index in [1.807, 2.05) is 6.07 Å². The third-order valence-electron chi connectivity index (χ3n) is 4.38. The van der Waals surface area contributed by atoms with Gasteiger partial charge in [-0.05, 0) is 56.4 Å². The highest BCUT2D eigenvalue weighted by Gasteiger charge is 2.28. The lowest BCUT2D eigenvalue weighted by molar-refractivity contribution is -0.150. The molecule has 1 unspecified atom stereocenters. The van der Waals surface area contributed by atoms with Crippen LogP contribution in [0, 0.1) is 5.92 Å². The van der Waals surface area contributed by atoms with E-state index in [-0.39, 0.29) is 18.2 Å². The predicted octanol–water partition coefficient (Wildman–Crippen LogP) is 3.49. The third-order valence-corrected chi connectivity index (χ3v) is 4.38. The Morgan fingerprint density at radius 2 is 1.90 bits per heavy atom.